The maximum absolute atomic E-state index is 12.2. The minimum absolute atomic E-state index is 0.133. The maximum Gasteiger partial charge on any atom is 0.335 e. The van der Waals surface area contributed by atoms with E-state index in [4.69, 9.17) is 5.11 Å². The first kappa shape index (κ1) is 16.5. The van der Waals surface area contributed by atoms with E-state index in [-0.39, 0.29) is 23.1 Å². The standard InChI is InChI=1S/C17H24N2O3/c1-17(2,3)19-10-8-14(9-11-19)18-15(20)12-4-6-13(7-5-12)16(21)22/h4-7,14H,8-11H2,1-3H3,(H,18,20)(H,21,22). The van der Waals surface area contributed by atoms with Crippen LogP contribution in [0, 0.1) is 0 Å². The lowest BCUT2D eigenvalue weighted by atomic mass is 9.98. The molecule has 22 heavy (non-hydrogen) atoms. The highest BCUT2D eigenvalue weighted by atomic mass is 16.4. The summed E-state index contributed by atoms with van der Waals surface area (Å²) >= 11 is 0. The smallest absolute Gasteiger partial charge is 0.335 e. The van der Waals surface area contributed by atoms with Gasteiger partial charge in [-0.2, -0.15) is 0 Å². The number of nitrogens with one attached hydrogen (secondary N) is 1. The molecule has 1 aromatic rings. The van der Waals surface area contributed by atoms with Crippen LogP contribution in [0.5, 0.6) is 0 Å². The molecule has 1 saturated heterocycles. The molecule has 0 spiro atoms. The summed E-state index contributed by atoms with van der Waals surface area (Å²) in [4.78, 5) is 25.4. The predicted molar refractivity (Wildman–Crippen MR) is 85.2 cm³/mol. The summed E-state index contributed by atoms with van der Waals surface area (Å²) in [6, 6.07) is 6.22. The van der Waals surface area contributed by atoms with E-state index in [9.17, 15) is 9.59 Å². The van der Waals surface area contributed by atoms with Crippen LogP contribution in [-0.2, 0) is 0 Å². The van der Waals surface area contributed by atoms with Crippen molar-refractivity contribution in [2.24, 2.45) is 0 Å². The molecule has 0 aliphatic carbocycles. The van der Waals surface area contributed by atoms with E-state index in [0.717, 1.165) is 25.9 Å². The van der Waals surface area contributed by atoms with Gasteiger partial charge in [-0.1, -0.05) is 0 Å². The van der Waals surface area contributed by atoms with E-state index < -0.39 is 5.97 Å². The van der Waals surface area contributed by atoms with Gasteiger partial charge in [0.15, 0.2) is 0 Å². The average molecular weight is 304 g/mol. The Balaban J connectivity index is 1.89. The summed E-state index contributed by atoms with van der Waals surface area (Å²) in [7, 11) is 0. The molecule has 120 valence electrons. The summed E-state index contributed by atoms with van der Waals surface area (Å²) in [5.41, 5.74) is 0.861. The van der Waals surface area contributed by atoms with Crippen molar-refractivity contribution in [2.75, 3.05) is 13.1 Å². The number of carboxylic acids is 1. The van der Waals surface area contributed by atoms with Gasteiger partial charge in [0, 0.05) is 30.2 Å². The average Bonchev–Trinajstić information content (AvgIpc) is 2.47. The Bertz CT molecular complexity index is 538. The SMILES string of the molecule is CC(C)(C)N1CCC(NC(=O)c2ccc(C(=O)O)cc2)CC1. The van der Waals surface area contributed by atoms with Crippen LogP contribution >= 0.6 is 0 Å². The van der Waals surface area contributed by atoms with E-state index in [1.165, 1.54) is 12.1 Å². The number of nitrogens with zero attached hydrogens (tertiary/aromatic N) is 1. The number of benzene rings is 1. The van der Waals surface area contributed by atoms with Gasteiger partial charge in [0.25, 0.3) is 5.91 Å². The zero-order chi connectivity index (χ0) is 16.3. The summed E-state index contributed by atoms with van der Waals surface area (Å²) in [6.07, 6.45) is 1.88. The molecule has 0 saturated carbocycles. The van der Waals surface area contributed by atoms with E-state index >= 15 is 0 Å². The highest BCUT2D eigenvalue weighted by Gasteiger charge is 2.27. The molecule has 1 heterocycles. The quantitative estimate of drug-likeness (QED) is 0.899. The van der Waals surface area contributed by atoms with Gasteiger partial charge in [-0.25, -0.2) is 4.79 Å². The molecular formula is C17H24N2O3. The van der Waals surface area contributed by atoms with Crippen LogP contribution in [0.4, 0.5) is 0 Å². The summed E-state index contributed by atoms with van der Waals surface area (Å²) in [6.45, 7) is 8.57. The van der Waals surface area contributed by atoms with Gasteiger partial charge >= 0.3 is 5.97 Å². The molecule has 1 aromatic carbocycles. The number of carboxylic acid groups (broad SMARTS) is 1. The number of hydrogen-bond acceptors (Lipinski definition) is 3. The van der Waals surface area contributed by atoms with Gasteiger partial charge in [-0.3, -0.25) is 9.69 Å². The Morgan fingerprint density at radius 2 is 1.59 bits per heavy atom. The molecule has 1 aliphatic heterocycles. The van der Waals surface area contributed by atoms with Crippen LogP contribution in [0.2, 0.25) is 0 Å². The first-order valence-corrected chi connectivity index (χ1v) is 7.66. The fraction of sp³-hybridized carbons (Fsp3) is 0.529. The van der Waals surface area contributed by atoms with Crippen LogP contribution in [0.3, 0.4) is 0 Å². The molecule has 5 heteroatoms. The fourth-order valence-corrected chi connectivity index (χ4v) is 2.73. The molecule has 0 aromatic heterocycles. The van der Waals surface area contributed by atoms with Crippen LogP contribution in [-0.4, -0.2) is 46.6 Å². The normalized spacial score (nSPS) is 17.2. The first-order chi connectivity index (χ1) is 10.3. The van der Waals surface area contributed by atoms with Crippen LogP contribution in [0.15, 0.2) is 24.3 Å². The van der Waals surface area contributed by atoms with Gasteiger partial charge in [0.1, 0.15) is 0 Å². The third-order valence-corrected chi connectivity index (χ3v) is 4.17. The molecule has 0 unspecified atom stereocenters. The second kappa shape index (κ2) is 6.48. The van der Waals surface area contributed by atoms with E-state index in [2.05, 4.69) is 31.0 Å². The number of carbonyl (C=O) groups is 2. The monoisotopic (exact) mass is 304 g/mol. The Kier molecular flexibility index (Phi) is 4.86. The van der Waals surface area contributed by atoms with Crippen LogP contribution < -0.4 is 5.32 Å². The van der Waals surface area contributed by atoms with E-state index in [1.54, 1.807) is 12.1 Å². The third kappa shape index (κ3) is 4.07. The predicted octanol–water partition coefficient (Wildman–Crippen LogP) is 2.38. The second-order valence-corrected chi connectivity index (χ2v) is 6.79. The molecule has 1 fully saturated rings. The van der Waals surface area contributed by atoms with Gasteiger partial charge in [-0.05, 0) is 57.9 Å². The fourth-order valence-electron chi connectivity index (χ4n) is 2.73. The highest BCUT2D eigenvalue weighted by molar-refractivity contribution is 5.96. The summed E-state index contributed by atoms with van der Waals surface area (Å²) < 4.78 is 0. The number of aromatic carboxylic acids is 1. The molecule has 1 amide bonds. The Labute approximate surface area is 131 Å². The third-order valence-electron chi connectivity index (χ3n) is 4.17. The van der Waals surface area contributed by atoms with Crippen molar-refractivity contribution >= 4 is 11.9 Å². The van der Waals surface area contributed by atoms with Crippen molar-refractivity contribution in [3.63, 3.8) is 0 Å². The van der Waals surface area contributed by atoms with Crippen molar-refractivity contribution in [3.05, 3.63) is 35.4 Å². The molecular weight excluding hydrogens is 280 g/mol. The van der Waals surface area contributed by atoms with E-state index in [0.29, 0.717) is 5.56 Å². The largest absolute Gasteiger partial charge is 0.478 e. The molecule has 0 radical (unpaired) electrons. The minimum atomic E-state index is -0.985. The molecule has 0 bridgehead atoms. The lowest BCUT2D eigenvalue weighted by Crippen LogP contribution is -2.50. The zero-order valence-electron chi connectivity index (χ0n) is 13.4. The molecule has 1 aliphatic rings. The first-order valence-electron chi connectivity index (χ1n) is 7.66. The number of rotatable bonds is 3. The Hall–Kier alpha value is -1.88. The van der Waals surface area contributed by atoms with Crippen molar-refractivity contribution in [2.45, 2.75) is 45.2 Å². The molecule has 2 rings (SSSR count). The Morgan fingerprint density at radius 1 is 1.09 bits per heavy atom. The molecule has 0 atom stereocenters. The molecule has 5 nitrogen and oxygen atoms in total. The van der Waals surface area contributed by atoms with Crippen molar-refractivity contribution in [1.82, 2.24) is 10.2 Å². The lowest BCUT2D eigenvalue weighted by Gasteiger charge is -2.41. The van der Waals surface area contributed by atoms with Crippen molar-refractivity contribution < 1.29 is 14.7 Å². The lowest BCUT2D eigenvalue weighted by molar-refractivity contribution is 0.0695. The summed E-state index contributed by atoms with van der Waals surface area (Å²) in [5, 5.41) is 11.9. The zero-order valence-corrected chi connectivity index (χ0v) is 13.4. The number of piperidine rings is 1. The van der Waals surface area contributed by atoms with E-state index in [1.807, 2.05) is 0 Å². The number of likely N-dealkylation sites (tertiary alicyclic amines) is 1. The van der Waals surface area contributed by atoms with Crippen LogP contribution in [0.25, 0.3) is 0 Å². The maximum atomic E-state index is 12.2. The van der Waals surface area contributed by atoms with Gasteiger partial charge in [0.05, 0.1) is 5.56 Å². The Morgan fingerprint density at radius 3 is 2.05 bits per heavy atom. The van der Waals surface area contributed by atoms with Crippen LogP contribution in [0.1, 0.15) is 54.3 Å². The van der Waals surface area contributed by atoms with Crippen molar-refractivity contribution in [3.8, 4) is 0 Å². The van der Waals surface area contributed by atoms with Crippen molar-refractivity contribution in [1.29, 1.82) is 0 Å². The van der Waals surface area contributed by atoms with Gasteiger partial charge in [0.2, 0.25) is 0 Å². The topological polar surface area (TPSA) is 69.6 Å². The number of carbonyl (C=O) groups excluding carboxylic acids is 1. The minimum Gasteiger partial charge on any atom is -0.478 e. The van der Waals surface area contributed by atoms with Gasteiger partial charge < -0.3 is 10.4 Å². The number of hydrogen-bond donors (Lipinski definition) is 2. The summed E-state index contributed by atoms with van der Waals surface area (Å²) in [5.74, 6) is -1.12. The number of amides is 1. The molecule has 2 N–H and O–H groups in total. The second-order valence-electron chi connectivity index (χ2n) is 6.79. The van der Waals surface area contributed by atoms with Gasteiger partial charge in [-0.15, -0.1) is 0 Å². The highest BCUT2D eigenvalue weighted by Crippen LogP contribution is 2.20.